The zero-order valence-corrected chi connectivity index (χ0v) is 16.5. The molecule has 6 nitrogen and oxygen atoms in total. The van der Waals surface area contributed by atoms with Crippen LogP contribution in [0.2, 0.25) is 0 Å². The molecule has 1 aliphatic rings. The summed E-state index contributed by atoms with van der Waals surface area (Å²) in [6, 6.07) is 13.8. The summed E-state index contributed by atoms with van der Waals surface area (Å²) in [4.78, 5) is 27.4. The van der Waals surface area contributed by atoms with Gasteiger partial charge in [0.2, 0.25) is 0 Å². The van der Waals surface area contributed by atoms with E-state index in [1.54, 1.807) is 0 Å². The lowest BCUT2D eigenvalue weighted by Crippen LogP contribution is -2.36. The number of fused-ring (bicyclic) bond motifs is 1. The number of nitrogens with two attached hydrogens (primary N) is 1. The molecule has 3 aromatic rings. The molecule has 0 spiro atoms. The van der Waals surface area contributed by atoms with Crippen LogP contribution in [0.4, 0.5) is 5.69 Å². The minimum atomic E-state index is -0.0316. The summed E-state index contributed by atoms with van der Waals surface area (Å²) in [5, 5.41) is 0. The fourth-order valence-electron chi connectivity index (χ4n) is 3.79. The van der Waals surface area contributed by atoms with E-state index in [0.29, 0.717) is 12.1 Å². The lowest BCUT2D eigenvalue weighted by Gasteiger charge is -2.30. The van der Waals surface area contributed by atoms with Crippen molar-refractivity contribution in [3.8, 4) is 0 Å². The number of piperidine rings is 1. The third-order valence-corrected chi connectivity index (χ3v) is 5.11. The molecule has 4 rings (SSSR count). The predicted octanol–water partition coefficient (Wildman–Crippen LogP) is 2.91. The number of anilines is 1. The molecular weight excluding hydrogens is 352 g/mol. The number of rotatable bonds is 3. The fourth-order valence-corrected chi connectivity index (χ4v) is 3.79. The summed E-state index contributed by atoms with van der Waals surface area (Å²) >= 11 is 0. The first-order chi connectivity index (χ1) is 13.5. The van der Waals surface area contributed by atoms with Crippen molar-refractivity contribution in [3.05, 3.63) is 64.1 Å². The maximum absolute atomic E-state index is 12.1. The summed E-state index contributed by atoms with van der Waals surface area (Å²) in [6.45, 7) is 4.05. The molecule has 2 heterocycles. The van der Waals surface area contributed by atoms with Crippen LogP contribution in [0.5, 0.6) is 0 Å². The molecule has 1 fully saturated rings. The number of nitrogen functional groups attached to an aromatic ring is 1. The first-order valence-electron chi connectivity index (χ1n) is 9.65. The van der Waals surface area contributed by atoms with Gasteiger partial charge in [-0.15, -0.1) is 0 Å². The second kappa shape index (κ2) is 8.89. The van der Waals surface area contributed by atoms with Crippen LogP contribution < -0.4 is 11.4 Å². The molecular formula is C22H28N4O2. The summed E-state index contributed by atoms with van der Waals surface area (Å²) in [5.74, 6) is 0. The fraction of sp³-hybridized carbons (Fsp3) is 0.364. The van der Waals surface area contributed by atoms with E-state index in [-0.39, 0.29) is 11.7 Å². The Balaban J connectivity index is 0.000000192. The Bertz CT molecular complexity index is 1010. The van der Waals surface area contributed by atoms with Crippen molar-refractivity contribution >= 4 is 23.0 Å². The Labute approximate surface area is 165 Å². The number of H-pyrrole nitrogens is 1. The maximum atomic E-state index is 12.1. The number of likely N-dealkylation sites (N-methyl/N-ethyl adjacent to an activating group) is 1. The van der Waals surface area contributed by atoms with E-state index in [1.165, 1.54) is 5.56 Å². The van der Waals surface area contributed by atoms with Gasteiger partial charge in [-0.3, -0.25) is 4.57 Å². The Morgan fingerprint density at radius 2 is 2.07 bits per heavy atom. The molecule has 0 aliphatic carbocycles. The zero-order valence-electron chi connectivity index (χ0n) is 16.5. The van der Waals surface area contributed by atoms with Gasteiger partial charge in [0, 0.05) is 18.7 Å². The Kier molecular flexibility index (Phi) is 6.31. The second-order valence-electron chi connectivity index (χ2n) is 7.49. The van der Waals surface area contributed by atoms with Gasteiger partial charge in [-0.05, 0) is 57.1 Å². The second-order valence-corrected chi connectivity index (χ2v) is 7.49. The van der Waals surface area contributed by atoms with Crippen LogP contribution >= 0.6 is 0 Å². The number of carbonyl (C=O) groups is 1. The lowest BCUT2D eigenvalue weighted by molar-refractivity contribution is -0.107. The Morgan fingerprint density at radius 3 is 2.79 bits per heavy atom. The van der Waals surface area contributed by atoms with Crippen molar-refractivity contribution in [2.24, 2.45) is 0 Å². The van der Waals surface area contributed by atoms with Gasteiger partial charge in [0.05, 0.1) is 17.1 Å². The summed E-state index contributed by atoms with van der Waals surface area (Å²) in [7, 11) is 2.10. The molecule has 1 saturated heterocycles. The number of aldehydes is 1. The van der Waals surface area contributed by atoms with Gasteiger partial charge in [0.25, 0.3) is 0 Å². The van der Waals surface area contributed by atoms with Gasteiger partial charge in [-0.25, -0.2) is 4.79 Å². The molecule has 0 bridgehead atoms. The number of hydrogen-bond donors (Lipinski definition) is 2. The van der Waals surface area contributed by atoms with Crippen LogP contribution in [-0.4, -0.2) is 40.9 Å². The molecule has 1 aromatic heterocycles. The Hall–Kier alpha value is -2.86. The number of aryl methyl sites for hydroxylation is 1. The number of nitrogens with zero attached hydrogens (tertiary/aromatic N) is 2. The summed E-state index contributed by atoms with van der Waals surface area (Å²) in [6.07, 6.45) is 3.63. The number of imidazole rings is 1. The van der Waals surface area contributed by atoms with Crippen LogP contribution in [-0.2, 0) is 11.2 Å². The minimum absolute atomic E-state index is 0.0316. The zero-order chi connectivity index (χ0) is 20.1. The van der Waals surface area contributed by atoms with E-state index in [9.17, 15) is 9.59 Å². The van der Waals surface area contributed by atoms with Crippen molar-refractivity contribution in [1.29, 1.82) is 0 Å². The normalized spacial score (nSPS) is 17.1. The van der Waals surface area contributed by atoms with E-state index < -0.39 is 0 Å². The smallest absolute Gasteiger partial charge is 0.326 e. The topological polar surface area (TPSA) is 84.1 Å². The first kappa shape index (κ1) is 19.9. The average Bonchev–Trinajstić information content (AvgIpc) is 2.97. The number of nitrogens with one attached hydrogen (secondary N) is 1. The molecule has 148 valence electrons. The van der Waals surface area contributed by atoms with Crippen molar-refractivity contribution in [3.63, 3.8) is 0 Å². The standard InChI is InChI=1S/C13H18N4O.C9H10O/c1-16-6-2-3-10(8-16)17-12-7-9(14)4-5-11(12)15-13(17)18;1-8-3-2-4-9(7-8)5-6-10/h4-5,7,10H,2-3,6,8,14H2,1H3,(H,15,18);2-4,6-7H,5H2,1H3. The average molecular weight is 380 g/mol. The van der Waals surface area contributed by atoms with Crippen molar-refractivity contribution in [2.45, 2.75) is 32.2 Å². The van der Waals surface area contributed by atoms with Gasteiger partial charge in [-0.2, -0.15) is 0 Å². The monoisotopic (exact) mass is 380 g/mol. The highest BCUT2D eigenvalue weighted by atomic mass is 16.1. The molecule has 1 atom stereocenters. The van der Waals surface area contributed by atoms with Crippen LogP contribution in [0.1, 0.15) is 30.0 Å². The van der Waals surface area contributed by atoms with Crippen LogP contribution in [0, 0.1) is 6.92 Å². The molecule has 0 amide bonds. The van der Waals surface area contributed by atoms with E-state index in [0.717, 1.165) is 48.8 Å². The highest BCUT2D eigenvalue weighted by molar-refractivity contribution is 5.79. The number of likely N-dealkylation sites (tertiary alicyclic amines) is 1. The molecule has 6 heteroatoms. The van der Waals surface area contributed by atoms with Crippen molar-refractivity contribution in [1.82, 2.24) is 14.5 Å². The molecule has 1 aliphatic heterocycles. The van der Waals surface area contributed by atoms with Crippen LogP contribution in [0.15, 0.2) is 47.3 Å². The first-order valence-corrected chi connectivity index (χ1v) is 9.65. The van der Waals surface area contributed by atoms with Crippen molar-refractivity contribution in [2.75, 3.05) is 25.9 Å². The van der Waals surface area contributed by atoms with Crippen LogP contribution in [0.3, 0.4) is 0 Å². The lowest BCUT2D eigenvalue weighted by atomic mass is 10.1. The van der Waals surface area contributed by atoms with Crippen molar-refractivity contribution < 1.29 is 4.79 Å². The summed E-state index contributed by atoms with van der Waals surface area (Å²) < 4.78 is 1.86. The third-order valence-electron chi connectivity index (χ3n) is 5.11. The van der Waals surface area contributed by atoms with E-state index in [1.807, 2.05) is 54.0 Å². The molecule has 1 unspecified atom stereocenters. The molecule has 2 aromatic carbocycles. The molecule has 28 heavy (non-hydrogen) atoms. The van der Waals surface area contributed by atoms with Gasteiger partial charge in [0.1, 0.15) is 6.29 Å². The van der Waals surface area contributed by atoms with Gasteiger partial charge in [-0.1, -0.05) is 29.8 Å². The van der Waals surface area contributed by atoms with E-state index in [4.69, 9.17) is 5.73 Å². The maximum Gasteiger partial charge on any atom is 0.326 e. The largest absolute Gasteiger partial charge is 0.399 e. The minimum Gasteiger partial charge on any atom is -0.399 e. The van der Waals surface area contributed by atoms with Gasteiger partial charge in [0.15, 0.2) is 0 Å². The number of benzene rings is 2. The number of aromatic amines is 1. The third kappa shape index (κ3) is 4.70. The number of carbonyl (C=O) groups excluding carboxylic acids is 1. The number of aromatic nitrogens is 2. The number of hydrogen-bond acceptors (Lipinski definition) is 4. The summed E-state index contributed by atoms with van der Waals surface area (Å²) in [5.41, 5.74) is 10.6. The van der Waals surface area contributed by atoms with E-state index >= 15 is 0 Å². The van der Waals surface area contributed by atoms with Crippen LogP contribution in [0.25, 0.3) is 11.0 Å². The Morgan fingerprint density at radius 1 is 1.25 bits per heavy atom. The molecule has 0 radical (unpaired) electrons. The van der Waals surface area contributed by atoms with Gasteiger partial charge < -0.3 is 20.4 Å². The van der Waals surface area contributed by atoms with Gasteiger partial charge >= 0.3 is 5.69 Å². The van der Waals surface area contributed by atoms with E-state index in [2.05, 4.69) is 16.9 Å². The molecule has 3 N–H and O–H groups in total. The highest BCUT2D eigenvalue weighted by Gasteiger charge is 2.22. The SMILES string of the molecule is CN1CCCC(n2c(=O)[nH]c3ccc(N)cc32)C1.Cc1cccc(CC=O)c1. The highest BCUT2D eigenvalue weighted by Crippen LogP contribution is 2.24. The predicted molar refractivity (Wildman–Crippen MR) is 114 cm³/mol. The quantitative estimate of drug-likeness (QED) is 0.540. The molecule has 0 saturated carbocycles.